The molecule has 1 N–H and O–H groups in total. The van der Waals surface area contributed by atoms with E-state index in [1.54, 1.807) is 0 Å². The first-order chi connectivity index (χ1) is 23.6. The number of rotatable bonds is 38. The standard InChI is InChI=1S/C44H80O4/c1-3-5-7-9-11-13-15-16-17-18-19-20-22-24-29-33-37-41-44(47)48-42(39-35-31-27-25-28-32-36-40-43(45)46)38-34-30-26-23-21-14-12-10-8-6-4-2/h5,7,11,13,16-17,42H,3-4,6,8-10,12,14-15,18-41H2,1-2H3,(H,45,46)/b7-5-,13-11-,17-16-. The fourth-order valence-electron chi connectivity index (χ4n) is 6.32. The number of unbranched alkanes of at least 4 members (excludes halogenated alkanes) is 23. The lowest BCUT2D eigenvalue weighted by Crippen LogP contribution is -2.18. The number of ether oxygens (including phenoxy) is 1. The van der Waals surface area contributed by atoms with Crippen LogP contribution in [0.2, 0.25) is 0 Å². The van der Waals surface area contributed by atoms with Crippen molar-refractivity contribution in [2.24, 2.45) is 0 Å². The van der Waals surface area contributed by atoms with E-state index in [9.17, 15) is 9.59 Å². The van der Waals surface area contributed by atoms with Gasteiger partial charge in [0, 0.05) is 12.8 Å². The van der Waals surface area contributed by atoms with Gasteiger partial charge in [-0.2, -0.15) is 0 Å². The Morgan fingerprint density at radius 2 is 0.875 bits per heavy atom. The van der Waals surface area contributed by atoms with Crippen LogP contribution < -0.4 is 0 Å². The second-order valence-corrected chi connectivity index (χ2v) is 14.2. The molecule has 0 aromatic carbocycles. The van der Waals surface area contributed by atoms with Gasteiger partial charge in [-0.05, 0) is 70.6 Å². The summed E-state index contributed by atoms with van der Waals surface area (Å²) in [5.41, 5.74) is 0. The molecule has 280 valence electrons. The minimum Gasteiger partial charge on any atom is -0.481 e. The van der Waals surface area contributed by atoms with Crippen LogP contribution in [-0.4, -0.2) is 23.1 Å². The number of hydrogen-bond donors (Lipinski definition) is 1. The SMILES string of the molecule is CC/C=C\C/C=C\C/C=C\CCCCCCCCCC(=O)OC(CCCCCCCCCCCCC)CCCCCCCCCC(=O)O. The van der Waals surface area contributed by atoms with Gasteiger partial charge < -0.3 is 9.84 Å². The monoisotopic (exact) mass is 673 g/mol. The Morgan fingerprint density at radius 3 is 1.35 bits per heavy atom. The zero-order chi connectivity index (χ0) is 35.0. The van der Waals surface area contributed by atoms with Crippen molar-refractivity contribution in [3.63, 3.8) is 0 Å². The van der Waals surface area contributed by atoms with Gasteiger partial charge >= 0.3 is 11.9 Å². The van der Waals surface area contributed by atoms with Crippen molar-refractivity contribution >= 4 is 11.9 Å². The number of carbonyl (C=O) groups excluding carboxylic acids is 1. The molecular formula is C44H80O4. The zero-order valence-corrected chi connectivity index (χ0v) is 32.0. The largest absolute Gasteiger partial charge is 0.481 e. The Kier molecular flexibility index (Phi) is 38.1. The van der Waals surface area contributed by atoms with Gasteiger partial charge in [-0.1, -0.05) is 179 Å². The van der Waals surface area contributed by atoms with E-state index in [-0.39, 0.29) is 12.1 Å². The molecule has 1 atom stereocenters. The molecule has 0 heterocycles. The van der Waals surface area contributed by atoms with Gasteiger partial charge in [0.05, 0.1) is 0 Å². The second-order valence-electron chi connectivity index (χ2n) is 14.2. The van der Waals surface area contributed by atoms with Crippen molar-refractivity contribution in [3.8, 4) is 0 Å². The van der Waals surface area contributed by atoms with Gasteiger partial charge in [0.2, 0.25) is 0 Å². The Hall–Kier alpha value is -1.84. The van der Waals surface area contributed by atoms with E-state index in [4.69, 9.17) is 9.84 Å². The average molecular weight is 673 g/mol. The van der Waals surface area contributed by atoms with E-state index < -0.39 is 5.97 Å². The predicted molar refractivity (Wildman–Crippen MR) is 209 cm³/mol. The van der Waals surface area contributed by atoms with E-state index in [2.05, 4.69) is 50.3 Å². The molecule has 0 radical (unpaired) electrons. The average Bonchev–Trinajstić information content (AvgIpc) is 3.07. The van der Waals surface area contributed by atoms with Crippen LogP contribution in [0.1, 0.15) is 226 Å². The van der Waals surface area contributed by atoms with Crippen LogP contribution in [0.5, 0.6) is 0 Å². The molecule has 4 nitrogen and oxygen atoms in total. The molecule has 0 aliphatic heterocycles. The van der Waals surface area contributed by atoms with Crippen molar-refractivity contribution in [2.45, 2.75) is 232 Å². The van der Waals surface area contributed by atoms with Gasteiger partial charge in [0.1, 0.15) is 6.10 Å². The highest BCUT2D eigenvalue weighted by molar-refractivity contribution is 5.69. The van der Waals surface area contributed by atoms with Crippen LogP contribution in [0, 0.1) is 0 Å². The first-order valence-electron chi connectivity index (χ1n) is 21.0. The molecule has 0 spiro atoms. The van der Waals surface area contributed by atoms with Crippen molar-refractivity contribution in [3.05, 3.63) is 36.5 Å². The van der Waals surface area contributed by atoms with Crippen LogP contribution >= 0.6 is 0 Å². The number of hydrogen-bond acceptors (Lipinski definition) is 3. The zero-order valence-electron chi connectivity index (χ0n) is 32.0. The smallest absolute Gasteiger partial charge is 0.306 e. The van der Waals surface area contributed by atoms with Gasteiger partial charge in [0.25, 0.3) is 0 Å². The summed E-state index contributed by atoms with van der Waals surface area (Å²) in [4.78, 5) is 23.4. The van der Waals surface area contributed by atoms with E-state index >= 15 is 0 Å². The summed E-state index contributed by atoms with van der Waals surface area (Å²) in [6.45, 7) is 4.45. The molecule has 48 heavy (non-hydrogen) atoms. The summed E-state index contributed by atoms with van der Waals surface area (Å²) >= 11 is 0. The van der Waals surface area contributed by atoms with E-state index in [1.807, 2.05) is 0 Å². The predicted octanol–water partition coefficient (Wildman–Crippen LogP) is 14.6. The lowest BCUT2D eigenvalue weighted by atomic mass is 10.0. The number of esters is 1. The fourth-order valence-corrected chi connectivity index (χ4v) is 6.32. The topological polar surface area (TPSA) is 63.6 Å². The van der Waals surface area contributed by atoms with Crippen LogP contribution in [-0.2, 0) is 14.3 Å². The highest BCUT2D eigenvalue weighted by Gasteiger charge is 2.14. The Bertz CT molecular complexity index is 768. The maximum atomic E-state index is 12.7. The van der Waals surface area contributed by atoms with Crippen molar-refractivity contribution in [2.75, 3.05) is 0 Å². The third-order valence-electron chi connectivity index (χ3n) is 9.38. The summed E-state index contributed by atoms with van der Waals surface area (Å²) in [5, 5.41) is 8.78. The van der Waals surface area contributed by atoms with Crippen molar-refractivity contribution in [1.29, 1.82) is 0 Å². The molecule has 1 unspecified atom stereocenters. The molecule has 0 aliphatic rings. The van der Waals surface area contributed by atoms with E-state index in [1.165, 1.54) is 128 Å². The first-order valence-corrected chi connectivity index (χ1v) is 21.0. The molecular weight excluding hydrogens is 592 g/mol. The third kappa shape index (κ3) is 38.6. The third-order valence-corrected chi connectivity index (χ3v) is 9.38. The molecule has 0 aromatic heterocycles. The van der Waals surface area contributed by atoms with Gasteiger partial charge in [-0.3, -0.25) is 9.59 Å². The fraction of sp³-hybridized carbons (Fsp3) is 0.818. The molecule has 0 amide bonds. The summed E-state index contributed by atoms with van der Waals surface area (Å²) < 4.78 is 6.05. The Morgan fingerprint density at radius 1 is 0.479 bits per heavy atom. The number of carbonyl (C=O) groups is 2. The van der Waals surface area contributed by atoms with Crippen molar-refractivity contribution < 1.29 is 19.4 Å². The second kappa shape index (κ2) is 39.6. The molecule has 0 bridgehead atoms. The summed E-state index contributed by atoms with van der Waals surface area (Å²) in [6.07, 6.45) is 51.7. The number of carboxylic acids is 1. The van der Waals surface area contributed by atoms with Crippen molar-refractivity contribution in [1.82, 2.24) is 0 Å². The highest BCUT2D eigenvalue weighted by atomic mass is 16.5. The van der Waals surface area contributed by atoms with E-state index in [0.717, 1.165) is 70.6 Å². The van der Waals surface area contributed by atoms with Crippen LogP contribution in [0.25, 0.3) is 0 Å². The van der Waals surface area contributed by atoms with Gasteiger partial charge in [-0.25, -0.2) is 0 Å². The molecule has 4 heteroatoms. The molecule has 0 saturated carbocycles. The molecule has 0 aliphatic carbocycles. The van der Waals surface area contributed by atoms with E-state index in [0.29, 0.717) is 12.8 Å². The Balaban J connectivity index is 4.06. The molecule has 0 fully saturated rings. The van der Waals surface area contributed by atoms with Crippen LogP contribution in [0.4, 0.5) is 0 Å². The number of aliphatic carboxylic acids is 1. The number of carboxylic acid groups (broad SMARTS) is 1. The lowest BCUT2D eigenvalue weighted by Gasteiger charge is -2.18. The Labute approximate surface area is 299 Å². The normalized spacial score (nSPS) is 12.5. The summed E-state index contributed by atoms with van der Waals surface area (Å²) in [5.74, 6) is -0.672. The summed E-state index contributed by atoms with van der Waals surface area (Å²) in [7, 11) is 0. The molecule has 0 saturated heterocycles. The molecule has 0 aromatic rings. The van der Waals surface area contributed by atoms with Gasteiger partial charge in [0.15, 0.2) is 0 Å². The lowest BCUT2D eigenvalue weighted by molar-refractivity contribution is -0.150. The minimum atomic E-state index is -0.686. The maximum Gasteiger partial charge on any atom is 0.306 e. The molecule has 0 rings (SSSR count). The van der Waals surface area contributed by atoms with Crippen LogP contribution in [0.3, 0.4) is 0 Å². The van der Waals surface area contributed by atoms with Gasteiger partial charge in [-0.15, -0.1) is 0 Å². The number of allylic oxidation sites excluding steroid dienone is 6. The quantitative estimate of drug-likeness (QED) is 0.0403. The summed E-state index contributed by atoms with van der Waals surface area (Å²) in [6, 6.07) is 0. The van der Waals surface area contributed by atoms with Crippen LogP contribution in [0.15, 0.2) is 36.5 Å². The highest BCUT2D eigenvalue weighted by Crippen LogP contribution is 2.19. The first kappa shape index (κ1) is 46.2. The maximum absolute atomic E-state index is 12.7. The minimum absolute atomic E-state index is 0.0144.